The average molecular weight is 329 g/mol. The highest BCUT2D eigenvalue weighted by molar-refractivity contribution is 9.10. The monoisotopic (exact) mass is 328 g/mol. The van der Waals surface area contributed by atoms with Gasteiger partial charge in [-0.25, -0.2) is 9.97 Å². The fourth-order valence-electron chi connectivity index (χ4n) is 1.77. The highest BCUT2D eigenvalue weighted by Crippen LogP contribution is 2.19. The van der Waals surface area contributed by atoms with E-state index < -0.39 is 0 Å². The molecule has 1 atom stereocenters. The molecule has 0 aliphatic rings. The fourth-order valence-corrected chi connectivity index (χ4v) is 2.17. The Morgan fingerprint density at radius 1 is 1.21 bits per heavy atom. The molecule has 0 amide bonds. The van der Waals surface area contributed by atoms with Crippen molar-refractivity contribution in [2.24, 2.45) is 5.92 Å². The number of anilines is 1. The predicted octanol–water partition coefficient (Wildman–Crippen LogP) is 3.36. The van der Waals surface area contributed by atoms with E-state index in [1.54, 1.807) is 0 Å². The molecule has 0 saturated carbocycles. The van der Waals surface area contributed by atoms with E-state index in [0.29, 0.717) is 17.9 Å². The van der Waals surface area contributed by atoms with Crippen LogP contribution in [-0.4, -0.2) is 41.5 Å². The molecule has 1 heterocycles. The second-order valence-electron chi connectivity index (χ2n) is 5.85. The molecule has 4 nitrogen and oxygen atoms in total. The van der Waals surface area contributed by atoms with Crippen LogP contribution < -0.4 is 5.32 Å². The number of hydrogen-bond acceptors (Lipinski definition) is 4. The van der Waals surface area contributed by atoms with Gasteiger partial charge in [-0.2, -0.15) is 0 Å². The number of halogens is 1. The topological polar surface area (TPSA) is 41.1 Å². The van der Waals surface area contributed by atoms with E-state index in [1.165, 1.54) is 0 Å². The van der Waals surface area contributed by atoms with Crippen molar-refractivity contribution in [1.29, 1.82) is 0 Å². The van der Waals surface area contributed by atoms with Gasteiger partial charge in [0.2, 0.25) is 0 Å². The summed E-state index contributed by atoms with van der Waals surface area (Å²) in [4.78, 5) is 11.2. The van der Waals surface area contributed by atoms with Gasteiger partial charge in [-0.05, 0) is 35.9 Å². The summed E-state index contributed by atoms with van der Waals surface area (Å²) in [5.74, 6) is 2.62. The summed E-state index contributed by atoms with van der Waals surface area (Å²) in [5, 5.41) is 3.52. The van der Waals surface area contributed by atoms with Crippen molar-refractivity contribution in [3.63, 3.8) is 0 Å². The molecule has 0 radical (unpaired) electrons. The van der Waals surface area contributed by atoms with E-state index in [1.807, 2.05) is 6.07 Å². The Kier molecular flexibility index (Phi) is 6.20. The van der Waals surface area contributed by atoms with Crippen molar-refractivity contribution in [3.05, 3.63) is 16.5 Å². The highest BCUT2D eigenvalue weighted by Gasteiger charge is 2.16. The summed E-state index contributed by atoms with van der Waals surface area (Å²) >= 11 is 3.46. The zero-order valence-electron chi connectivity index (χ0n) is 12.7. The van der Waals surface area contributed by atoms with Crippen LogP contribution in [0.15, 0.2) is 10.7 Å². The van der Waals surface area contributed by atoms with E-state index in [4.69, 9.17) is 0 Å². The van der Waals surface area contributed by atoms with Crippen LogP contribution >= 0.6 is 15.9 Å². The smallest absolute Gasteiger partial charge is 0.134 e. The van der Waals surface area contributed by atoms with Crippen LogP contribution in [0, 0.1) is 5.92 Å². The Hall–Kier alpha value is -0.680. The lowest BCUT2D eigenvalue weighted by Crippen LogP contribution is -2.36. The van der Waals surface area contributed by atoms with Gasteiger partial charge in [0.25, 0.3) is 0 Å². The van der Waals surface area contributed by atoms with Crippen LogP contribution in [0.3, 0.4) is 0 Å². The van der Waals surface area contributed by atoms with Crippen LogP contribution in [0.25, 0.3) is 0 Å². The molecule has 0 aliphatic heterocycles. The third kappa shape index (κ3) is 5.45. The number of nitrogens with zero attached hydrogens (tertiary/aromatic N) is 3. The summed E-state index contributed by atoms with van der Waals surface area (Å²) in [6, 6.07) is 2.31. The van der Waals surface area contributed by atoms with Crippen LogP contribution in [0.2, 0.25) is 0 Å². The molecule has 1 aromatic rings. The Morgan fingerprint density at radius 2 is 1.84 bits per heavy atom. The summed E-state index contributed by atoms with van der Waals surface area (Å²) in [6.07, 6.45) is 0. The standard InChI is InChI=1S/C14H25BrN4/c1-9(2)11(8-19(5)6)16-13-7-12(15)17-14(18-13)10(3)4/h7,9-11H,8H2,1-6H3,(H,16,17,18). The third-order valence-corrected chi connectivity index (χ3v) is 3.33. The van der Waals surface area contributed by atoms with E-state index in [-0.39, 0.29) is 0 Å². The Labute approximate surface area is 125 Å². The molecule has 1 aromatic heterocycles. The lowest BCUT2D eigenvalue weighted by molar-refractivity contribution is 0.344. The minimum Gasteiger partial charge on any atom is -0.366 e. The highest BCUT2D eigenvalue weighted by atomic mass is 79.9. The van der Waals surface area contributed by atoms with Crippen LogP contribution in [0.1, 0.15) is 39.4 Å². The zero-order valence-corrected chi connectivity index (χ0v) is 14.3. The minimum absolute atomic E-state index is 0.324. The molecule has 0 aromatic carbocycles. The molecule has 0 aliphatic carbocycles. The summed E-state index contributed by atoms with van der Waals surface area (Å²) in [7, 11) is 4.18. The molecule has 1 rings (SSSR count). The molecule has 0 saturated heterocycles. The maximum atomic E-state index is 4.59. The van der Waals surface area contributed by atoms with Crippen molar-refractivity contribution in [2.45, 2.75) is 39.7 Å². The van der Waals surface area contributed by atoms with Crippen LogP contribution in [-0.2, 0) is 0 Å². The molecular weight excluding hydrogens is 304 g/mol. The lowest BCUT2D eigenvalue weighted by Gasteiger charge is -2.26. The van der Waals surface area contributed by atoms with Crippen LogP contribution in [0.5, 0.6) is 0 Å². The SMILES string of the molecule is CC(C)c1nc(Br)cc(NC(CN(C)C)C(C)C)n1. The normalized spacial score (nSPS) is 13.4. The van der Waals surface area contributed by atoms with Crippen LogP contribution in [0.4, 0.5) is 5.82 Å². The first-order valence-electron chi connectivity index (χ1n) is 6.75. The van der Waals surface area contributed by atoms with Crippen molar-refractivity contribution in [1.82, 2.24) is 14.9 Å². The zero-order chi connectivity index (χ0) is 14.6. The van der Waals surface area contributed by atoms with Crippen molar-refractivity contribution in [2.75, 3.05) is 26.0 Å². The van der Waals surface area contributed by atoms with E-state index in [0.717, 1.165) is 22.8 Å². The van der Waals surface area contributed by atoms with Crippen molar-refractivity contribution < 1.29 is 0 Å². The molecule has 0 spiro atoms. The van der Waals surface area contributed by atoms with E-state index in [9.17, 15) is 0 Å². The Balaban J connectivity index is 2.89. The molecule has 0 bridgehead atoms. The molecule has 1 N–H and O–H groups in total. The fraction of sp³-hybridized carbons (Fsp3) is 0.714. The van der Waals surface area contributed by atoms with E-state index >= 15 is 0 Å². The largest absolute Gasteiger partial charge is 0.366 e. The maximum absolute atomic E-state index is 4.59. The quantitative estimate of drug-likeness (QED) is 0.813. The summed E-state index contributed by atoms with van der Waals surface area (Å²) in [5.41, 5.74) is 0. The second-order valence-corrected chi connectivity index (χ2v) is 6.66. The lowest BCUT2D eigenvalue weighted by atomic mass is 10.0. The van der Waals surface area contributed by atoms with Gasteiger partial charge in [-0.3, -0.25) is 0 Å². The average Bonchev–Trinajstić information content (AvgIpc) is 2.26. The van der Waals surface area contributed by atoms with Gasteiger partial charge >= 0.3 is 0 Å². The molecule has 108 valence electrons. The number of likely N-dealkylation sites (N-methyl/N-ethyl adjacent to an activating group) is 1. The number of hydrogen-bond donors (Lipinski definition) is 1. The first-order chi connectivity index (χ1) is 8.79. The third-order valence-electron chi connectivity index (χ3n) is 2.93. The maximum Gasteiger partial charge on any atom is 0.134 e. The van der Waals surface area contributed by atoms with E-state index in [2.05, 4.69) is 77.9 Å². The Bertz CT molecular complexity index is 404. The Morgan fingerprint density at radius 3 is 2.32 bits per heavy atom. The molecule has 5 heteroatoms. The first kappa shape index (κ1) is 16.4. The van der Waals surface area contributed by atoms with Gasteiger partial charge in [0, 0.05) is 24.6 Å². The van der Waals surface area contributed by atoms with Gasteiger partial charge in [0.05, 0.1) is 0 Å². The van der Waals surface area contributed by atoms with Crippen molar-refractivity contribution >= 4 is 21.7 Å². The number of rotatable bonds is 6. The minimum atomic E-state index is 0.324. The molecule has 1 unspecified atom stereocenters. The van der Waals surface area contributed by atoms with Gasteiger partial charge < -0.3 is 10.2 Å². The second kappa shape index (κ2) is 7.20. The number of aromatic nitrogens is 2. The first-order valence-corrected chi connectivity index (χ1v) is 7.54. The van der Waals surface area contributed by atoms with Gasteiger partial charge in [0.1, 0.15) is 16.2 Å². The molecular formula is C14H25BrN4. The molecule has 19 heavy (non-hydrogen) atoms. The van der Waals surface area contributed by atoms with Gasteiger partial charge in [0.15, 0.2) is 0 Å². The summed E-state index contributed by atoms with van der Waals surface area (Å²) < 4.78 is 0.834. The van der Waals surface area contributed by atoms with Gasteiger partial charge in [-0.15, -0.1) is 0 Å². The van der Waals surface area contributed by atoms with Gasteiger partial charge in [-0.1, -0.05) is 27.7 Å². The van der Waals surface area contributed by atoms with Crippen molar-refractivity contribution in [3.8, 4) is 0 Å². The predicted molar refractivity (Wildman–Crippen MR) is 84.6 cm³/mol. The molecule has 0 fully saturated rings. The summed E-state index contributed by atoms with van der Waals surface area (Å²) in [6.45, 7) is 9.63. The number of nitrogens with one attached hydrogen (secondary N) is 1.